The second-order valence-corrected chi connectivity index (χ2v) is 4.46. The average Bonchev–Trinajstić information content (AvgIpc) is 2.76. The minimum Gasteiger partial charge on any atom is -0.466 e. The van der Waals surface area contributed by atoms with E-state index < -0.39 is 0 Å². The van der Waals surface area contributed by atoms with Gasteiger partial charge in [-0.2, -0.15) is 0 Å². The number of ether oxygens (including phenoxy) is 1. The van der Waals surface area contributed by atoms with Gasteiger partial charge >= 0.3 is 5.97 Å². The van der Waals surface area contributed by atoms with Gasteiger partial charge in [-0.05, 0) is 43.9 Å². The molecule has 0 aromatic heterocycles. The number of carbonyl (C=O) groups is 1. The van der Waals surface area contributed by atoms with Gasteiger partial charge in [0.15, 0.2) is 0 Å². The van der Waals surface area contributed by atoms with E-state index in [2.05, 4.69) is 0 Å². The molecule has 1 N–H and O–H groups in total. The van der Waals surface area contributed by atoms with Crippen LogP contribution in [0, 0.1) is 23.7 Å². The minimum atomic E-state index is -0.0845. The van der Waals surface area contributed by atoms with Gasteiger partial charge in [-0.1, -0.05) is 0 Å². The maximum atomic E-state index is 11.7. The Morgan fingerprint density at radius 1 is 1.43 bits per heavy atom. The number of esters is 1. The molecule has 0 saturated heterocycles. The minimum absolute atomic E-state index is 0.0151. The van der Waals surface area contributed by atoms with Crippen molar-refractivity contribution in [3.8, 4) is 0 Å². The van der Waals surface area contributed by atoms with Crippen molar-refractivity contribution < 1.29 is 14.6 Å². The zero-order valence-electron chi connectivity index (χ0n) is 8.61. The summed E-state index contributed by atoms with van der Waals surface area (Å²) >= 11 is 0. The maximum Gasteiger partial charge on any atom is 0.309 e. The lowest BCUT2D eigenvalue weighted by atomic mass is 9.80. The Morgan fingerprint density at radius 2 is 2.14 bits per heavy atom. The molecule has 0 amide bonds. The largest absolute Gasteiger partial charge is 0.466 e. The van der Waals surface area contributed by atoms with E-state index in [0.29, 0.717) is 18.4 Å². The Balaban J connectivity index is 2.06. The van der Waals surface area contributed by atoms with Gasteiger partial charge in [0.2, 0.25) is 0 Å². The van der Waals surface area contributed by atoms with Crippen molar-refractivity contribution in [3.63, 3.8) is 0 Å². The molecule has 80 valence electrons. The summed E-state index contributed by atoms with van der Waals surface area (Å²) in [6.45, 7) is 2.43. The molecule has 0 spiro atoms. The first kappa shape index (κ1) is 9.97. The Kier molecular flexibility index (Phi) is 2.77. The number of aliphatic hydroxyl groups is 1. The standard InChI is InChI=1S/C11H18O3/c1-2-14-11(13)10-8-4-3-7(5-8)9(10)6-12/h7-10,12H,2-6H2,1H3/t7-,8+,9-,10+/m0/s1. The van der Waals surface area contributed by atoms with Crippen LogP contribution in [0.25, 0.3) is 0 Å². The van der Waals surface area contributed by atoms with Crippen LogP contribution >= 0.6 is 0 Å². The first-order valence-electron chi connectivity index (χ1n) is 5.55. The smallest absolute Gasteiger partial charge is 0.309 e. The third-order valence-corrected chi connectivity index (χ3v) is 3.86. The molecular formula is C11H18O3. The van der Waals surface area contributed by atoms with Crippen molar-refractivity contribution in [1.82, 2.24) is 0 Å². The van der Waals surface area contributed by atoms with Gasteiger partial charge < -0.3 is 9.84 Å². The molecule has 0 radical (unpaired) electrons. The summed E-state index contributed by atoms with van der Waals surface area (Å²) in [5.74, 6) is 1.13. The molecule has 0 aliphatic heterocycles. The molecule has 2 aliphatic rings. The lowest BCUT2D eigenvalue weighted by Gasteiger charge is -2.27. The van der Waals surface area contributed by atoms with E-state index in [9.17, 15) is 9.90 Å². The molecule has 0 aromatic carbocycles. The van der Waals surface area contributed by atoms with Crippen LogP contribution in [0.3, 0.4) is 0 Å². The zero-order chi connectivity index (χ0) is 10.1. The fraction of sp³-hybridized carbons (Fsp3) is 0.909. The molecule has 3 heteroatoms. The van der Waals surface area contributed by atoms with Crippen LogP contribution < -0.4 is 0 Å². The fourth-order valence-corrected chi connectivity index (χ4v) is 3.28. The van der Waals surface area contributed by atoms with E-state index in [1.807, 2.05) is 6.92 Å². The Labute approximate surface area is 84.4 Å². The van der Waals surface area contributed by atoms with Crippen LogP contribution in [0.5, 0.6) is 0 Å². The SMILES string of the molecule is CCOC(=O)[C@@H]1[C@@H]2CC[C@@H](C2)[C@@H]1CO. The number of aliphatic hydroxyl groups excluding tert-OH is 1. The van der Waals surface area contributed by atoms with Gasteiger partial charge in [0.25, 0.3) is 0 Å². The van der Waals surface area contributed by atoms with Crippen LogP contribution in [0.1, 0.15) is 26.2 Å². The monoisotopic (exact) mass is 198 g/mol. The molecule has 4 atom stereocenters. The van der Waals surface area contributed by atoms with E-state index in [-0.39, 0.29) is 24.4 Å². The molecule has 3 nitrogen and oxygen atoms in total. The van der Waals surface area contributed by atoms with Crippen molar-refractivity contribution in [1.29, 1.82) is 0 Å². The highest BCUT2D eigenvalue weighted by Crippen LogP contribution is 2.52. The van der Waals surface area contributed by atoms with E-state index >= 15 is 0 Å². The maximum absolute atomic E-state index is 11.7. The van der Waals surface area contributed by atoms with E-state index in [0.717, 1.165) is 12.8 Å². The molecule has 14 heavy (non-hydrogen) atoms. The van der Waals surface area contributed by atoms with E-state index in [1.54, 1.807) is 0 Å². The third kappa shape index (κ3) is 1.44. The summed E-state index contributed by atoms with van der Waals surface area (Å²) in [6, 6.07) is 0. The number of fused-ring (bicyclic) bond motifs is 2. The quantitative estimate of drug-likeness (QED) is 0.693. The fourth-order valence-electron chi connectivity index (χ4n) is 3.28. The van der Waals surface area contributed by atoms with Gasteiger partial charge in [-0.3, -0.25) is 4.79 Å². The van der Waals surface area contributed by atoms with Gasteiger partial charge in [-0.15, -0.1) is 0 Å². The first-order valence-corrected chi connectivity index (χ1v) is 5.55. The van der Waals surface area contributed by atoms with Gasteiger partial charge in [0.1, 0.15) is 0 Å². The molecule has 0 heterocycles. The highest BCUT2D eigenvalue weighted by atomic mass is 16.5. The molecule has 0 unspecified atom stereocenters. The molecule has 2 aliphatic carbocycles. The first-order chi connectivity index (χ1) is 6.77. The van der Waals surface area contributed by atoms with Crippen LogP contribution in [-0.4, -0.2) is 24.3 Å². The second-order valence-electron chi connectivity index (χ2n) is 4.46. The van der Waals surface area contributed by atoms with Crippen molar-refractivity contribution in [2.24, 2.45) is 23.7 Å². The average molecular weight is 198 g/mol. The predicted octanol–water partition coefficient (Wildman–Crippen LogP) is 1.20. The normalized spacial score (nSPS) is 40.1. The zero-order valence-corrected chi connectivity index (χ0v) is 8.61. The van der Waals surface area contributed by atoms with Crippen molar-refractivity contribution in [3.05, 3.63) is 0 Å². The molecule has 2 bridgehead atoms. The highest BCUT2D eigenvalue weighted by molar-refractivity contribution is 5.74. The highest BCUT2D eigenvalue weighted by Gasteiger charge is 2.50. The van der Waals surface area contributed by atoms with Crippen molar-refractivity contribution in [2.45, 2.75) is 26.2 Å². The van der Waals surface area contributed by atoms with E-state index in [4.69, 9.17) is 4.74 Å². The molecular weight excluding hydrogens is 180 g/mol. The van der Waals surface area contributed by atoms with Crippen molar-refractivity contribution >= 4 is 5.97 Å². The van der Waals surface area contributed by atoms with Gasteiger partial charge in [0, 0.05) is 6.61 Å². The van der Waals surface area contributed by atoms with Crippen LogP contribution in [0.2, 0.25) is 0 Å². The third-order valence-electron chi connectivity index (χ3n) is 3.86. The predicted molar refractivity (Wildman–Crippen MR) is 51.5 cm³/mol. The lowest BCUT2D eigenvalue weighted by Crippen LogP contribution is -2.33. The summed E-state index contributed by atoms with van der Waals surface area (Å²) in [7, 11) is 0. The Bertz CT molecular complexity index is 227. The lowest BCUT2D eigenvalue weighted by molar-refractivity contribution is -0.152. The Hall–Kier alpha value is -0.570. The summed E-state index contributed by atoms with van der Waals surface area (Å²) < 4.78 is 5.06. The molecule has 0 aromatic rings. The summed E-state index contributed by atoms with van der Waals surface area (Å²) in [5.41, 5.74) is 0. The molecule has 2 fully saturated rings. The molecule has 2 saturated carbocycles. The van der Waals surface area contributed by atoms with Crippen LogP contribution in [0.15, 0.2) is 0 Å². The van der Waals surface area contributed by atoms with E-state index in [1.165, 1.54) is 6.42 Å². The number of rotatable bonds is 3. The topological polar surface area (TPSA) is 46.5 Å². The van der Waals surface area contributed by atoms with Crippen molar-refractivity contribution in [2.75, 3.05) is 13.2 Å². The van der Waals surface area contributed by atoms with Crippen LogP contribution in [0.4, 0.5) is 0 Å². The van der Waals surface area contributed by atoms with Crippen LogP contribution in [-0.2, 0) is 9.53 Å². The summed E-state index contributed by atoms with van der Waals surface area (Å²) in [5, 5.41) is 9.27. The van der Waals surface area contributed by atoms with Gasteiger partial charge in [0.05, 0.1) is 12.5 Å². The summed E-state index contributed by atoms with van der Waals surface area (Å²) in [4.78, 5) is 11.7. The number of carbonyl (C=O) groups excluding carboxylic acids is 1. The Morgan fingerprint density at radius 3 is 2.79 bits per heavy atom. The van der Waals surface area contributed by atoms with Gasteiger partial charge in [-0.25, -0.2) is 0 Å². The molecule has 2 rings (SSSR count). The summed E-state index contributed by atoms with van der Waals surface area (Å²) in [6.07, 6.45) is 3.45. The number of hydrogen-bond donors (Lipinski definition) is 1. The number of hydrogen-bond acceptors (Lipinski definition) is 3. The second kappa shape index (κ2) is 3.89.